The van der Waals surface area contributed by atoms with Gasteiger partial charge >= 0.3 is 6.18 Å². The van der Waals surface area contributed by atoms with Crippen LogP contribution in [0.1, 0.15) is 16.7 Å². The van der Waals surface area contributed by atoms with Gasteiger partial charge in [0.2, 0.25) is 0 Å². The van der Waals surface area contributed by atoms with E-state index in [4.69, 9.17) is 0 Å². The highest BCUT2D eigenvalue weighted by Crippen LogP contribution is 2.34. The molecule has 158 valence electrons. The van der Waals surface area contributed by atoms with Crippen molar-refractivity contribution in [3.8, 4) is 0 Å². The van der Waals surface area contributed by atoms with Gasteiger partial charge in [0.1, 0.15) is 0 Å². The van der Waals surface area contributed by atoms with Crippen LogP contribution in [-0.2, 0) is 19.3 Å². The molecule has 0 atom stereocenters. The SMILES string of the molecule is FC(F)(F)c1cc(NCc2ccc(Br)cc2)cc(NCc2ccc3ccccc3c2)c1. The lowest BCUT2D eigenvalue weighted by Crippen LogP contribution is -2.09. The fourth-order valence-electron chi connectivity index (χ4n) is 3.35. The van der Waals surface area contributed by atoms with E-state index >= 15 is 0 Å². The molecule has 4 aromatic rings. The molecule has 31 heavy (non-hydrogen) atoms. The van der Waals surface area contributed by atoms with Crippen molar-refractivity contribution in [2.45, 2.75) is 19.3 Å². The van der Waals surface area contributed by atoms with E-state index in [1.54, 1.807) is 6.07 Å². The minimum Gasteiger partial charge on any atom is -0.381 e. The fraction of sp³-hybridized carbons (Fsp3) is 0.120. The Morgan fingerprint density at radius 2 is 1.23 bits per heavy atom. The summed E-state index contributed by atoms with van der Waals surface area (Å²) < 4.78 is 41.3. The molecule has 0 unspecified atom stereocenters. The Hall–Kier alpha value is -2.99. The molecule has 0 aliphatic rings. The molecule has 0 aliphatic heterocycles. The van der Waals surface area contributed by atoms with E-state index in [2.05, 4.69) is 26.6 Å². The molecule has 0 radical (unpaired) electrons. The maximum Gasteiger partial charge on any atom is 0.416 e. The number of alkyl halides is 3. The molecular weight excluding hydrogens is 465 g/mol. The minimum absolute atomic E-state index is 0.416. The summed E-state index contributed by atoms with van der Waals surface area (Å²) in [4.78, 5) is 0. The van der Waals surface area contributed by atoms with Gasteiger partial charge in [-0.15, -0.1) is 0 Å². The summed E-state index contributed by atoms with van der Waals surface area (Å²) >= 11 is 3.38. The summed E-state index contributed by atoms with van der Waals surface area (Å²) in [5, 5.41) is 8.47. The predicted molar refractivity (Wildman–Crippen MR) is 124 cm³/mol. The Kier molecular flexibility index (Phi) is 6.18. The van der Waals surface area contributed by atoms with Crippen molar-refractivity contribution in [1.82, 2.24) is 0 Å². The minimum atomic E-state index is -4.42. The molecule has 2 N–H and O–H groups in total. The molecule has 0 fully saturated rings. The highest BCUT2D eigenvalue weighted by atomic mass is 79.9. The Balaban J connectivity index is 1.52. The third-order valence-corrected chi connectivity index (χ3v) is 5.51. The molecule has 6 heteroatoms. The largest absolute Gasteiger partial charge is 0.416 e. The summed E-state index contributed by atoms with van der Waals surface area (Å²) in [7, 11) is 0. The Morgan fingerprint density at radius 3 is 1.87 bits per heavy atom. The summed E-state index contributed by atoms with van der Waals surface area (Å²) in [5.74, 6) is 0. The van der Waals surface area contributed by atoms with Gasteiger partial charge in [0, 0.05) is 28.9 Å². The van der Waals surface area contributed by atoms with Crippen molar-refractivity contribution in [2.75, 3.05) is 10.6 Å². The molecule has 4 rings (SSSR count). The monoisotopic (exact) mass is 484 g/mol. The van der Waals surface area contributed by atoms with Crippen LogP contribution in [0, 0.1) is 0 Å². The van der Waals surface area contributed by atoms with Crippen molar-refractivity contribution >= 4 is 38.1 Å². The maximum absolute atomic E-state index is 13.4. The van der Waals surface area contributed by atoms with Gasteiger partial charge in [-0.2, -0.15) is 13.2 Å². The van der Waals surface area contributed by atoms with E-state index < -0.39 is 11.7 Å². The number of halogens is 4. The van der Waals surface area contributed by atoms with Gasteiger partial charge in [0.25, 0.3) is 0 Å². The van der Waals surface area contributed by atoms with Crippen molar-refractivity contribution in [3.63, 3.8) is 0 Å². The van der Waals surface area contributed by atoms with E-state index in [9.17, 15) is 13.2 Å². The lowest BCUT2D eigenvalue weighted by Gasteiger charge is -2.15. The standard InChI is InChI=1S/C25H20BrF3N2/c26-22-9-6-17(7-10-22)15-30-23-12-21(25(27,28)29)13-24(14-23)31-16-18-5-8-19-3-1-2-4-20(19)11-18/h1-14,30-31H,15-16H2. The quantitative estimate of drug-likeness (QED) is 0.291. The number of hydrogen-bond acceptors (Lipinski definition) is 2. The Morgan fingerprint density at radius 1 is 0.645 bits per heavy atom. The highest BCUT2D eigenvalue weighted by Gasteiger charge is 2.31. The van der Waals surface area contributed by atoms with E-state index in [0.717, 1.165) is 38.5 Å². The van der Waals surface area contributed by atoms with Gasteiger partial charge in [-0.05, 0) is 58.3 Å². The van der Waals surface area contributed by atoms with Gasteiger partial charge in [-0.25, -0.2) is 0 Å². The molecule has 0 aromatic heterocycles. The number of fused-ring (bicyclic) bond motifs is 1. The van der Waals surface area contributed by atoms with Crippen LogP contribution in [-0.4, -0.2) is 0 Å². The smallest absolute Gasteiger partial charge is 0.381 e. The average Bonchev–Trinajstić information content (AvgIpc) is 2.76. The van der Waals surface area contributed by atoms with Crippen molar-refractivity contribution < 1.29 is 13.2 Å². The summed E-state index contributed by atoms with van der Waals surface area (Å²) in [5.41, 5.74) is 2.13. The third-order valence-electron chi connectivity index (χ3n) is 4.98. The highest BCUT2D eigenvalue weighted by molar-refractivity contribution is 9.10. The fourth-order valence-corrected chi connectivity index (χ4v) is 3.62. The third kappa shape index (κ3) is 5.58. The molecule has 0 heterocycles. The first-order valence-corrected chi connectivity index (χ1v) is 10.6. The van der Waals surface area contributed by atoms with Crippen LogP contribution in [0.5, 0.6) is 0 Å². The van der Waals surface area contributed by atoms with Crippen LogP contribution < -0.4 is 10.6 Å². The summed E-state index contributed by atoms with van der Waals surface area (Å²) in [6.07, 6.45) is -4.42. The topological polar surface area (TPSA) is 24.1 Å². The van der Waals surface area contributed by atoms with Crippen LogP contribution in [0.2, 0.25) is 0 Å². The summed E-state index contributed by atoms with van der Waals surface area (Å²) in [6, 6.07) is 25.7. The van der Waals surface area contributed by atoms with Gasteiger partial charge < -0.3 is 10.6 Å². The Labute approximate surface area is 187 Å². The van der Waals surface area contributed by atoms with E-state index in [-0.39, 0.29) is 0 Å². The second-order valence-electron chi connectivity index (χ2n) is 7.31. The van der Waals surface area contributed by atoms with Gasteiger partial charge in [-0.3, -0.25) is 0 Å². The Bertz CT molecular complexity index is 1190. The molecule has 0 bridgehead atoms. The number of hydrogen-bond donors (Lipinski definition) is 2. The van der Waals surface area contributed by atoms with E-state index in [1.165, 1.54) is 0 Å². The van der Waals surface area contributed by atoms with E-state index in [1.807, 2.05) is 66.7 Å². The zero-order valence-corrected chi connectivity index (χ0v) is 18.1. The van der Waals surface area contributed by atoms with Gasteiger partial charge in [0.15, 0.2) is 0 Å². The molecule has 2 nitrogen and oxygen atoms in total. The van der Waals surface area contributed by atoms with Crippen molar-refractivity contribution in [3.05, 3.63) is 106 Å². The van der Waals surface area contributed by atoms with Crippen LogP contribution in [0.15, 0.2) is 89.4 Å². The molecule has 0 aliphatic carbocycles. The van der Waals surface area contributed by atoms with Gasteiger partial charge in [0.05, 0.1) is 5.56 Å². The first kappa shape index (κ1) is 21.2. The molecular formula is C25H20BrF3N2. The number of rotatable bonds is 6. The molecule has 0 spiro atoms. The van der Waals surface area contributed by atoms with Crippen molar-refractivity contribution in [2.24, 2.45) is 0 Å². The first-order chi connectivity index (χ1) is 14.9. The molecule has 0 saturated heterocycles. The average molecular weight is 485 g/mol. The van der Waals surface area contributed by atoms with Crippen LogP contribution >= 0.6 is 15.9 Å². The number of benzene rings is 4. The molecule has 0 saturated carbocycles. The molecule has 4 aromatic carbocycles. The van der Waals surface area contributed by atoms with Crippen molar-refractivity contribution in [1.29, 1.82) is 0 Å². The number of anilines is 2. The van der Waals surface area contributed by atoms with E-state index in [0.29, 0.717) is 24.5 Å². The zero-order chi connectivity index (χ0) is 21.8. The predicted octanol–water partition coefficient (Wildman–Crippen LogP) is 7.85. The zero-order valence-electron chi connectivity index (χ0n) is 16.5. The normalized spacial score (nSPS) is 11.5. The lowest BCUT2D eigenvalue weighted by molar-refractivity contribution is -0.137. The van der Waals surface area contributed by atoms with Crippen LogP contribution in [0.25, 0.3) is 10.8 Å². The lowest BCUT2D eigenvalue weighted by atomic mass is 10.1. The second-order valence-corrected chi connectivity index (χ2v) is 8.23. The first-order valence-electron chi connectivity index (χ1n) is 9.79. The second kappa shape index (κ2) is 9.02. The maximum atomic E-state index is 13.4. The molecule has 0 amide bonds. The van der Waals surface area contributed by atoms with Crippen LogP contribution in [0.4, 0.5) is 24.5 Å². The van der Waals surface area contributed by atoms with Gasteiger partial charge in [-0.1, -0.05) is 64.5 Å². The van der Waals surface area contributed by atoms with Crippen LogP contribution in [0.3, 0.4) is 0 Å². The number of nitrogens with one attached hydrogen (secondary N) is 2. The summed E-state index contributed by atoms with van der Waals surface area (Å²) in [6.45, 7) is 0.858.